The summed E-state index contributed by atoms with van der Waals surface area (Å²) in [7, 11) is 0. The fourth-order valence-electron chi connectivity index (χ4n) is 5.26. The minimum atomic E-state index is -1.90. The molecule has 0 aliphatic carbocycles. The molecule has 1 heterocycles. The maximum absolute atomic E-state index is 14.0. The first kappa shape index (κ1) is 35.2. The number of carboxylic acid groups (broad SMARTS) is 1. The first-order valence-corrected chi connectivity index (χ1v) is 14.4. The van der Waals surface area contributed by atoms with Crippen molar-refractivity contribution >= 4 is 29.4 Å². The van der Waals surface area contributed by atoms with E-state index in [0.29, 0.717) is 18.4 Å². The van der Waals surface area contributed by atoms with Crippen molar-refractivity contribution in [3.8, 4) is 5.75 Å². The Balaban J connectivity index is 1.75. The lowest BCUT2D eigenvalue weighted by atomic mass is 9.82. The van der Waals surface area contributed by atoms with Crippen molar-refractivity contribution in [2.45, 2.75) is 71.3 Å². The second-order valence-corrected chi connectivity index (χ2v) is 12.4. The van der Waals surface area contributed by atoms with Crippen LogP contribution in [-0.4, -0.2) is 65.1 Å². The standard InChI is InChI=1S/C32H36F4N2O7/c1-31(2,3)19-10-6-5-9-18(19)13-23(39)29(43)38-12-8-7-11-32(4,17-38)30(44)37-22(15-25(41)42)24(40)16-45-28-26(35)20(33)14-21(34)27(28)36/h5-6,9-10,14,22H,7-8,11-13,15-17H2,1-4H3,(H,37,44)(H,41,42)/t22-,32+/m0/s1. The summed E-state index contributed by atoms with van der Waals surface area (Å²) in [4.78, 5) is 65.5. The van der Waals surface area contributed by atoms with Gasteiger partial charge in [-0.3, -0.25) is 24.0 Å². The van der Waals surface area contributed by atoms with Gasteiger partial charge in [-0.2, -0.15) is 8.78 Å². The summed E-state index contributed by atoms with van der Waals surface area (Å²) < 4.78 is 59.6. The average Bonchev–Trinajstić information content (AvgIpc) is 3.17. The normalized spacial score (nSPS) is 17.6. The van der Waals surface area contributed by atoms with E-state index >= 15 is 0 Å². The molecule has 13 heteroatoms. The summed E-state index contributed by atoms with van der Waals surface area (Å²) in [5.41, 5.74) is -0.00404. The van der Waals surface area contributed by atoms with Crippen LogP contribution >= 0.6 is 0 Å². The molecule has 0 aromatic heterocycles. The number of Topliss-reactive ketones (excluding diaryl/α,β-unsaturated/α-hetero) is 2. The van der Waals surface area contributed by atoms with Crippen molar-refractivity contribution < 1.29 is 51.4 Å². The summed E-state index contributed by atoms with van der Waals surface area (Å²) in [5.74, 6) is -13.8. The lowest BCUT2D eigenvalue weighted by molar-refractivity contribution is -0.147. The van der Waals surface area contributed by atoms with Gasteiger partial charge in [0.1, 0.15) is 12.6 Å². The maximum Gasteiger partial charge on any atom is 0.305 e. The zero-order valence-corrected chi connectivity index (χ0v) is 25.5. The topological polar surface area (TPSA) is 130 Å². The third kappa shape index (κ3) is 8.67. The number of benzene rings is 2. The molecule has 0 spiro atoms. The summed E-state index contributed by atoms with van der Waals surface area (Å²) in [6, 6.07) is 5.50. The molecule has 1 aliphatic heterocycles. The Labute approximate surface area is 257 Å². The molecule has 3 rings (SSSR count). The van der Waals surface area contributed by atoms with E-state index in [4.69, 9.17) is 0 Å². The zero-order valence-electron chi connectivity index (χ0n) is 25.5. The van der Waals surface area contributed by atoms with Gasteiger partial charge in [-0.25, -0.2) is 8.78 Å². The average molecular weight is 637 g/mol. The fourth-order valence-corrected chi connectivity index (χ4v) is 5.26. The van der Waals surface area contributed by atoms with Crippen LogP contribution in [-0.2, 0) is 35.8 Å². The van der Waals surface area contributed by atoms with Crippen LogP contribution in [0.25, 0.3) is 0 Å². The van der Waals surface area contributed by atoms with E-state index in [1.165, 1.54) is 11.8 Å². The summed E-state index contributed by atoms with van der Waals surface area (Å²) in [5, 5.41) is 11.6. The van der Waals surface area contributed by atoms with Crippen LogP contribution in [0.15, 0.2) is 30.3 Å². The predicted octanol–water partition coefficient (Wildman–Crippen LogP) is 4.28. The smallest absolute Gasteiger partial charge is 0.305 e. The van der Waals surface area contributed by atoms with Gasteiger partial charge >= 0.3 is 5.97 Å². The number of ketones is 2. The van der Waals surface area contributed by atoms with Gasteiger partial charge in [0.2, 0.25) is 23.3 Å². The van der Waals surface area contributed by atoms with Gasteiger partial charge in [0.15, 0.2) is 23.2 Å². The largest absolute Gasteiger partial charge is 0.481 e. The van der Waals surface area contributed by atoms with E-state index < -0.39 is 82.9 Å². The van der Waals surface area contributed by atoms with E-state index in [1.807, 2.05) is 32.9 Å². The number of nitrogens with one attached hydrogen (secondary N) is 1. The number of likely N-dealkylation sites (tertiary alicyclic amines) is 1. The van der Waals surface area contributed by atoms with Crippen LogP contribution in [0, 0.1) is 28.7 Å². The quantitative estimate of drug-likeness (QED) is 0.214. The first-order valence-electron chi connectivity index (χ1n) is 14.4. The number of halogens is 4. The van der Waals surface area contributed by atoms with Gasteiger partial charge in [-0.1, -0.05) is 51.5 Å². The number of carboxylic acids is 1. The molecule has 0 saturated carbocycles. The molecule has 0 radical (unpaired) electrons. The van der Waals surface area contributed by atoms with Crippen molar-refractivity contribution in [2.75, 3.05) is 19.7 Å². The van der Waals surface area contributed by atoms with Crippen molar-refractivity contribution in [1.82, 2.24) is 10.2 Å². The molecule has 1 fully saturated rings. The van der Waals surface area contributed by atoms with Crippen LogP contribution in [0.3, 0.4) is 0 Å². The van der Waals surface area contributed by atoms with Gasteiger partial charge in [0.25, 0.3) is 5.91 Å². The number of nitrogens with zero attached hydrogens (tertiary/aromatic N) is 1. The van der Waals surface area contributed by atoms with Gasteiger partial charge in [-0.15, -0.1) is 0 Å². The van der Waals surface area contributed by atoms with Crippen molar-refractivity contribution in [2.24, 2.45) is 5.41 Å². The highest BCUT2D eigenvalue weighted by atomic mass is 19.2. The van der Waals surface area contributed by atoms with E-state index in [9.17, 15) is 46.6 Å². The van der Waals surface area contributed by atoms with E-state index in [-0.39, 0.29) is 37.4 Å². The molecule has 2 atom stereocenters. The minimum Gasteiger partial charge on any atom is -0.481 e. The Bertz CT molecular complexity index is 1460. The van der Waals surface area contributed by atoms with Gasteiger partial charge in [0, 0.05) is 25.6 Å². The molecule has 2 amide bonds. The van der Waals surface area contributed by atoms with Crippen LogP contribution in [0.2, 0.25) is 0 Å². The van der Waals surface area contributed by atoms with Crippen molar-refractivity contribution in [3.63, 3.8) is 0 Å². The zero-order chi connectivity index (χ0) is 33.7. The molecular formula is C32H36F4N2O7. The lowest BCUT2D eigenvalue weighted by Crippen LogP contribution is -2.53. The number of rotatable bonds is 11. The Kier molecular flexibility index (Phi) is 11.1. The molecular weight excluding hydrogens is 600 g/mol. The maximum atomic E-state index is 14.0. The van der Waals surface area contributed by atoms with Crippen LogP contribution in [0.5, 0.6) is 5.75 Å². The minimum absolute atomic E-state index is 0.0490. The van der Waals surface area contributed by atoms with Crippen molar-refractivity contribution in [3.05, 3.63) is 64.7 Å². The van der Waals surface area contributed by atoms with Crippen LogP contribution in [0.4, 0.5) is 17.6 Å². The Hall–Kier alpha value is -4.29. The number of amides is 2. The SMILES string of the molecule is CC(C)(C)c1ccccc1CC(=O)C(=O)N1CCCC[C@@](C)(C(=O)N[C@@H](CC(=O)O)C(=O)COc2c(F)c(F)cc(F)c2F)C1. The highest BCUT2D eigenvalue weighted by Crippen LogP contribution is 2.31. The van der Waals surface area contributed by atoms with Gasteiger partial charge in [-0.05, 0) is 36.3 Å². The molecule has 2 aromatic rings. The molecule has 0 bridgehead atoms. The summed E-state index contributed by atoms with van der Waals surface area (Å²) >= 11 is 0. The monoisotopic (exact) mass is 636 g/mol. The van der Waals surface area contributed by atoms with E-state index in [1.54, 1.807) is 12.1 Å². The first-order chi connectivity index (χ1) is 20.9. The van der Waals surface area contributed by atoms with Crippen LogP contribution in [0.1, 0.15) is 64.5 Å². The molecule has 9 nitrogen and oxygen atoms in total. The molecule has 244 valence electrons. The Morgan fingerprint density at radius 2 is 1.64 bits per heavy atom. The van der Waals surface area contributed by atoms with Gasteiger partial charge < -0.3 is 20.1 Å². The molecule has 1 aliphatic rings. The van der Waals surface area contributed by atoms with Crippen LogP contribution < -0.4 is 10.1 Å². The molecule has 45 heavy (non-hydrogen) atoms. The molecule has 1 saturated heterocycles. The number of carbonyl (C=O) groups is 5. The summed E-state index contributed by atoms with van der Waals surface area (Å²) in [6.07, 6.45) is 0.0947. The third-order valence-corrected chi connectivity index (χ3v) is 7.70. The lowest BCUT2D eigenvalue weighted by Gasteiger charge is -2.33. The highest BCUT2D eigenvalue weighted by molar-refractivity contribution is 6.36. The second kappa shape index (κ2) is 14.2. The van der Waals surface area contributed by atoms with Gasteiger partial charge in [0.05, 0.1) is 11.8 Å². The third-order valence-electron chi connectivity index (χ3n) is 7.70. The number of aliphatic carboxylic acids is 1. The number of hydrogen-bond donors (Lipinski definition) is 2. The highest BCUT2D eigenvalue weighted by Gasteiger charge is 2.41. The molecule has 2 aromatic carbocycles. The predicted molar refractivity (Wildman–Crippen MR) is 153 cm³/mol. The summed E-state index contributed by atoms with van der Waals surface area (Å²) in [6.45, 7) is 6.25. The van der Waals surface area contributed by atoms with E-state index in [0.717, 1.165) is 5.56 Å². The van der Waals surface area contributed by atoms with E-state index in [2.05, 4.69) is 10.1 Å². The number of ether oxygens (including phenoxy) is 1. The number of carbonyl (C=O) groups excluding carboxylic acids is 4. The number of hydrogen-bond acceptors (Lipinski definition) is 6. The Morgan fingerprint density at radius 1 is 1.02 bits per heavy atom. The van der Waals surface area contributed by atoms with Crippen molar-refractivity contribution in [1.29, 1.82) is 0 Å². The fraction of sp³-hybridized carbons (Fsp3) is 0.469. The Morgan fingerprint density at radius 3 is 2.24 bits per heavy atom. The molecule has 0 unspecified atom stereocenters. The molecule has 2 N–H and O–H groups in total. The second-order valence-electron chi connectivity index (χ2n) is 12.4.